The third-order valence-electron chi connectivity index (χ3n) is 2.54. The molecular weight excluding hydrogens is 274 g/mol. The van der Waals surface area contributed by atoms with Crippen molar-refractivity contribution in [2.75, 3.05) is 0 Å². The van der Waals surface area contributed by atoms with Crippen LogP contribution >= 0.6 is 11.6 Å². The molecule has 2 heterocycles. The van der Waals surface area contributed by atoms with Crippen LogP contribution in [0.1, 0.15) is 26.5 Å². The van der Waals surface area contributed by atoms with Gasteiger partial charge in [0, 0.05) is 24.3 Å². The lowest BCUT2D eigenvalue weighted by Crippen LogP contribution is -2.35. The third-order valence-corrected chi connectivity index (χ3v) is 2.88. The topological polar surface area (TPSA) is 47.0 Å². The number of nitrogens with one attached hydrogen (secondary N) is 1. The van der Waals surface area contributed by atoms with Gasteiger partial charge in [0.2, 0.25) is 5.88 Å². The Bertz CT molecular complexity index is 567. The summed E-state index contributed by atoms with van der Waals surface area (Å²) in [7, 11) is 0. The number of aromatic nitrogens is 2. The average molecular weight is 292 g/mol. The Morgan fingerprint density at radius 3 is 2.70 bits per heavy atom. The Labute approximate surface area is 124 Å². The van der Waals surface area contributed by atoms with Crippen molar-refractivity contribution in [3.05, 3.63) is 47.4 Å². The minimum Gasteiger partial charge on any atom is -0.437 e. The molecule has 0 bridgehead atoms. The molecule has 0 atom stereocenters. The van der Waals surface area contributed by atoms with Crippen LogP contribution in [0.15, 0.2) is 36.7 Å². The second-order valence-electron chi connectivity index (χ2n) is 5.47. The molecule has 0 aliphatic rings. The van der Waals surface area contributed by atoms with Gasteiger partial charge in [-0.3, -0.25) is 4.98 Å². The molecule has 0 aliphatic heterocycles. The molecule has 20 heavy (non-hydrogen) atoms. The van der Waals surface area contributed by atoms with E-state index >= 15 is 0 Å². The molecule has 0 amide bonds. The minimum atomic E-state index is 0.00518. The monoisotopic (exact) mass is 291 g/mol. The zero-order chi connectivity index (χ0) is 14.6. The number of hydrogen-bond donors (Lipinski definition) is 1. The zero-order valence-electron chi connectivity index (χ0n) is 11.9. The standard InChI is InChI=1S/C15H18ClN3O/c1-15(2,3)18-10-13-12(16)6-7-14(19-13)20-11-5-4-8-17-9-11/h4-9,18H,10H2,1-3H3. The van der Waals surface area contributed by atoms with Crippen LogP contribution in [0.4, 0.5) is 0 Å². The second kappa shape index (κ2) is 6.20. The number of pyridine rings is 2. The molecule has 2 aromatic heterocycles. The van der Waals surface area contributed by atoms with Crippen molar-refractivity contribution in [1.82, 2.24) is 15.3 Å². The van der Waals surface area contributed by atoms with Crippen molar-refractivity contribution in [3.63, 3.8) is 0 Å². The fourth-order valence-corrected chi connectivity index (χ4v) is 1.69. The van der Waals surface area contributed by atoms with E-state index in [9.17, 15) is 0 Å². The summed E-state index contributed by atoms with van der Waals surface area (Å²) in [6.45, 7) is 6.87. The first-order valence-corrected chi connectivity index (χ1v) is 6.80. The van der Waals surface area contributed by atoms with E-state index in [2.05, 4.69) is 36.1 Å². The highest BCUT2D eigenvalue weighted by Gasteiger charge is 2.12. The molecule has 2 rings (SSSR count). The third kappa shape index (κ3) is 4.47. The normalized spacial score (nSPS) is 11.4. The SMILES string of the molecule is CC(C)(C)NCc1nc(Oc2cccnc2)ccc1Cl. The van der Waals surface area contributed by atoms with E-state index in [1.807, 2.05) is 12.1 Å². The van der Waals surface area contributed by atoms with Gasteiger partial charge in [0.15, 0.2) is 0 Å². The van der Waals surface area contributed by atoms with E-state index < -0.39 is 0 Å². The Morgan fingerprint density at radius 2 is 2.05 bits per heavy atom. The van der Waals surface area contributed by atoms with Gasteiger partial charge in [-0.2, -0.15) is 0 Å². The van der Waals surface area contributed by atoms with Crippen LogP contribution in [-0.4, -0.2) is 15.5 Å². The fourth-order valence-electron chi connectivity index (χ4n) is 1.52. The van der Waals surface area contributed by atoms with Gasteiger partial charge in [0.1, 0.15) is 5.75 Å². The van der Waals surface area contributed by atoms with Gasteiger partial charge >= 0.3 is 0 Å². The maximum Gasteiger partial charge on any atom is 0.219 e. The van der Waals surface area contributed by atoms with Gasteiger partial charge in [-0.1, -0.05) is 11.6 Å². The maximum absolute atomic E-state index is 6.16. The van der Waals surface area contributed by atoms with Gasteiger partial charge in [0.25, 0.3) is 0 Å². The van der Waals surface area contributed by atoms with Gasteiger partial charge in [0.05, 0.1) is 16.9 Å². The van der Waals surface area contributed by atoms with Crippen molar-refractivity contribution in [3.8, 4) is 11.6 Å². The first-order valence-electron chi connectivity index (χ1n) is 6.42. The van der Waals surface area contributed by atoms with E-state index in [-0.39, 0.29) is 5.54 Å². The fraction of sp³-hybridized carbons (Fsp3) is 0.333. The van der Waals surface area contributed by atoms with E-state index in [1.54, 1.807) is 24.5 Å². The summed E-state index contributed by atoms with van der Waals surface area (Å²) in [5.41, 5.74) is 0.772. The molecule has 106 valence electrons. The first-order chi connectivity index (χ1) is 9.44. The average Bonchev–Trinajstić information content (AvgIpc) is 2.40. The molecule has 0 saturated heterocycles. The lowest BCUT2D eigenvalue weighted by Gasteiger charge is -2.20. The highest BCUT2D eigenvalue weighted by Crippen LogP contribution is 2.22. The largest absolute Gasteiger partial charge is 0.437 e. The van der Waals surface area contributed by atoms with Crippen LogP contribution in [0.2, 0.25) is 5.02 Å². The summed E-state index contributed by atoms with van der Waals surface area (Å²) < 4.78 is 5.65. The van der Waals surface area contributed by atoms with Crippen LogP contribution in [0.5, 0.6) is 11.6 Å². The van der Waals surface area contributed by atoms with Crippen LogP contribution in [0.25, 0.3) is 0 Å². The van der Waals surface area contributed by atoms with E-state index in [0.717, 1.165) is 5.69 Å². The summed E-state index contributed by atoms with van der Waals surface area (Å²) in [6.07, 6.45) is 3.34. The van der Waals surface area contributed by atoms with Crippen LogP contribution < -0.4 is 10.1 Å². The highest BCUT2D eigenvalue weighted by atomic mass is 35.5. The van der Waals surface area contributed by atoms with Crippen molar-refractivity contribution in [2.24, 2.45) is 0 Å². The smallest absolute Gasteiger partial charge is 0.219 e. The van der Waals surface area contributed by atoms with Gasteiger partial charge < -0.3 is 10.1 Å². The van der Waals surface area contributed by atoms with E-state index in [1.165, 1.54) is 0 Å². The number of halogens is 1. The zero-order valence-corrected chi connectivity index (χ0v) is 12.6. The summed E-state index contributed by atoms with van der Waals surface area (Å²) in [4.78, 5) is 8.42. The molecule has 0 saturated carbocycles. The molecule has 0 aliphatic carbocycles. The van der Waals surface area contributed by atoms with Crippen molar-refractivity contribution >= 4 is 11.6 Å². The summed E-state index contributed by atoms with van der Waals surface area (Å²) >= 11 is 6.16. The number of hydrogen-bond acceptors (Lipinski definition) is 4. The maximum atomic E-state index is 6.16. The molecule has 0 aromatic carbocycles. The van der Waals surface area contributed by atoms with Gasteiger partial charge in [-0.05, 0) is 39.0 Å². The quantitative estimate of drug-likeness (QED) is 0.930. The molecule has 5 heteroatoms. The summed E-state index contributed by atoms with van der Waals surface area (Å²) in [5, 5.41) is 3.98. The second-order valence-corrected chi connectivity index (χ2v) is 5.88. The number of rotatable bonds is 4. The van der Waals surface area contributed by atoms with Crippen molar-refractivity contribution in [2.45, 2.75) is 32.9 Å². The Morgan fingerprint density at radius 1 is 1.25 bits per heavy atom. The molecule has 0 spiro atoms. The van der Waals surface area contributed by atoms with Crippen LogP contribution in [-0.2, 0) is 6.54 Å². The summed E-state index contributed by atoms with van der Waals surface area (Å²) in [6, 6.07) is 7.18. The van der Waals surface area contributed by atoms with Crippen molar-refractivity contribution < 1.29 is 4.74 Å². The molecule has 4 nitrogen and oxygen atoms in total. The van der Waals surface area contributed by atoms with Crippen molar-refractivity contribution in [1.29, 1.82) is 0 Å². The predicted octanol–water partition coefficient (Wildman–Crippen LogP) is 3.81. The molecule has 0 fully saturated rings. The molecule has 0 radical (unpaired) electrons. The molecule has 0 unspecified atom stereocenters. The molecule has 2 aromatic rings. The van der Waals surface area contributed by atoms with Gasteiger partial charge in [-0.25, -0.2) is 4.98 Å². The number of nitrogens with zero attached hydrogens (tertiary/aromatic N) is 2. The Hall–Kier alpha value is -1.65. The molecular formula is C15H18ClN3O. The van der Waals surface area contributed by atoms with Crippen LogP contribution in [0, 0.1) is 0 Å². The van der Waals surface area contributed by atoms with E-state index in [4.69, 9.17) is 16.3 Å². The lowest BCUT2D eigenvalue weighted by molar-refractivity contribution is 0.416. The first kappa shape index (κ1) is 14.8. The highest BCUT2D eigenvalue weighted by molar-refractivity contribution is 6.31. The predicted molar refractivity (Wildman–Crippen MR) is 80.2 cm³/mol. The number of ether oxygens (including phenoxy) is 1. The van der Waals surface area contributed by atoms with E-state index in [0.29, 0.717) is 23.2 Å². The Kier molecular flexibility index (Phi) is 4.57. The lowest BCUT2D eigenvalue weighted by atomic mass is 10.1. The summed E-state index contributed by atoms with van der Waals surface area (Å²) in [5.74, 6) is 1.16. The van der Waals surface area contributed by atoms with Crippen LogP contribution in [0.3, 0.4) is 0 Å². The van der Waals surface area contributed by atoms with Gasteiger partial charge in [-0.15, -0.1) is 0 Å². The Balaban J connectivity index is 2.12. The molecule has 1 N–H and O–H groups in total. The minimum absolute atomic E-state index is 0.00518.